The lowest BCUT2D eigenvalue weighted by Gasteiger charge is -2.33. The van der Waals surface area contributed by atoms with E-state index in [1.165, 1.54) is 43.2 Å². The van der Waals surface area contributed by atoms with Gasteiger partial charge in [0.15, 0.2) is 5.11 Å². The van der Waals surface area contributed by atoms with Crippen molar-refractivity contribution >= 4 is 34.9 Å². The summed E-state index contributed by atoms with van der Waals surface area (Å²) in [6.45, 7) is 9.31. The van der Waals surface area contributed by atoms with Gasteiger partial charge in [0.1, 0.15) is 11.6 Å². The Kier molecular flexibility index (Phi) is 7.22. The van der Waals surface area contributed by atoms with Crippen LogP contribution in [-0.4, -0.2) is 41.3 Å². The zero-order valence-corrected chi connectivity index (χ0v) is 19.5. The third-order valence-corrected chi connectivity index (χ3v) is 6.41. The van der Waals surface area contributed by atoms with Crippen molar-refractivity contribution in [2.45, 2.75) is 52.5 Å². The van der Waals surface area contributed by atoms with Crippen LogP contribution in [0.25, 0.3) is 0 Å². The minimum atomic E-state index is 0.550. The van der Waals surface area contributed by atoms with E-state index in [9.17, 15) is 0 Å². The van der Waals surface area contributed by atoms with E-state index in [4.69, 9.17) is 22.2 Å². The van der Waals surface area contributed by atoms with Crippen LogP contribution in [0.4, 0.5) is 17.6 Å². The highest BCUT2D eigenvalue weighted by atomic mass is 32.1. The van der Waals surface area contributed by atoms with E-state index in [2.05, 4.69) is 64.6 Å². The Balaban J connectivity index is 1.48. The van der Waals surface area contributed by atoms with E-state index < -0.39 is 0 Å². The first-order valence-electron chi connectivity index (χ1n) is 11.6. The number of nitrogens with zero attached hydrogens (tertiary/aromatic N) is 4. The topological polar surface area (TPSA) is 56.3 Å². The molecule has 31 heavy (non-hydrogen) atoms. The summed E-state index contributed by atoms with van der Waals surface area (Å²) in [5.74, 6) is 3.28. The van der Waals surface area contributed by atoms with Crippen molar-refractivity contribution < 1.29 is 0 Å². The fourth-order valence-corrected chi connectivity index (χ4v) is 4.52. The number of thiocarbonyl (C=S) groups is 1. The quantitative estimate of drug-likeness (QED) is 0.667. The van der Waals surface area contributed by atoms with E-state index in [-0.39, 0.29) is 0 Å². The van der Waals surface area contributed by atoms with Crippen LogP contribution in [-0.2, 0) is 6.54 Å². The number of hydrogen-bond acceptors (Lipinski definition) is 5. The van der Waals surface area contributed by atoms with Gasteiger partial charge in [-0.3, -0.25) is 0 Å². The summed E-state index contributed by atoms with van der Waals surface area (Å²) in [4.78, 5) is 14.5. The lowest BCUT2D eigenvalue weighted by atomic mass is 10.0. The first-order valence-corrected chi connectivity index (χ1v) is 12.0. The molecule has 1 aromatic carbocycles. The number of aryl methyl sites for hydroxylation is 1. The van der Waals surface area contributed by atoms with Gasteiger partial charge in [0, 0.05) is 38.8 Å². The molecule has 166 valence electrons. The Morgan fingerprint density at radius 3 is 2.39 bits per heavy atom. The SMILES string of the molecule is Cc1ccc(CNC(=S)Nc2nc(N3CCCCC3)cc(N3CCC[C@H](C)C3)n2)cc1. The highest BCUT2D eigenvalue weighted by Gasteiger charge is 2.21. The molecule has 2 saturated heterocycles. The normalized spacial score (nSPS) is 19.2. The average Bonchev–Trinajstić information content (AvgIpc) is 2.79. The molecule has 3 heterocycles. The van der Waals surface area contributed by atoms with Crippen molar-refractivity contribution in [2.75, 3.05) is 41.3 Å². The van der Waals surface area contributed by atoms with Crippen molar-refractivity contribution in [1.29, 1.82) is 0 Å². The van der Waals surface area contributed by atoms with E-state index in [1.54, 1.807) is 0 Å². The van der Waals surface area contributed by atoms with Crippen molar-refractivity contribution in [3.8, 4) is 0 Å². The molecule has 0 amide bonds. The molecular weight excluding hydrogens is 404 g/mol. The molecule has 2 fully saturated rings. The molecule has 0 unspecified atom stereocenters. The van der Waals surface area contributed by atoms with Crippen LogP contribution in [0, 0.1) is 12.8 Å². The Hall–Kier alpha value is -2.41. The van der Waals surface area contributed by atoms with Crippen LogP contribution in [0.3, 0.4) is 0 Å². The van der Waals surface area contributed by atoms with Gasteiger partial charge in [-0.25, -0.2) is 0 Å². The van der Waals surface area contributed by atoms with Crippen molar-refractivity contribution in [2.24, 2.45) is 5.92 Å². The van der Waals surface area contributed by atoms with Crippen molar-refractivity contribution in [3.05, 3.63) is 41.5 Å². The Morgan fingerprint density at radius 2 is 1.68 bits per heavy atom. The number of nitrogens with one attached hydrogen (secondary N) is 2. The molecule has 2 aliphatic rings. The predicted octanol–water partition coefficient (Wildman–Crippen LogP) is 4.50. The third-order valence-electron chi connectivity index (χ3n) is 6.16. The number of benzene rings is 1. The maximum atomic E-state index is 5.55. The van der Waals surface area contributed by atoms with E-state index in [0.29, 0.717) is 23.5 Å². The first-order chi connectivity index (χ1) is 15.1. The monoisotopic (exact) mass is 438 g/mol. The van der Waals surface area contributed by atoms with Gasteiger partial charge in [-0.1, -0.05) is 36.8 Å². The highest BCUT2D eigenvalue weighted by molar-refractivity contribution is 7.80. The van der Waals surface area contributed by atoms with Crippen molar-refractivity contribution in [1.82, 2.24) is 15.3 Å². The molecule has 0 bridgehead atoms. The fourth-order valence-electron chi connectivity index (χ4n) is 4.36. The van der Waals surface area contributed by atoms with E-state index >= 15 is 0 Å². The molecule has 2 aliphatic heterocycles. The van der Waals surface area contributed by atoms with Gasteiger partial charge in [-0.2, -0.15) is 9.97 Å². The van der Waals surface area contributed by atoms with Crippen molar-refractivity contribution in [3.63, 3.8) is 0 Å². The minimum Gasteiger partial charge on any atom is -0.358 e. The Bertz CT molecular complexity index is 878. The van der Waals surface area contributed by atoms with Crippen LogP contribution >= 0.6 is 12.2 Å². The Morgan fingerprint density at radius 1 is 1.00 bits per heavy atom. The number of rotatable bonds is 5. The highest BCUT2D eigenvalue weighted by Crippen LogP contribution is 2.27. The first kappa shape index (κ1) is 21.8. The number of aromatic nitrogens is 2. The number of hydrogen-bond donors (Lipinski definition) is 2. The summed E-state index contributed by atoms with van der Waals surface area (Å²) in [6, 6.07) is 10.6. The second-order valence-corrected chi connectivity index (χ2v) is 9.35. The standard InChI is InChI=1S/C24H34N6S/c1-18-8-10-20(11-9-18)16-25-24(31)28-23-26-21(29-12-4-3-5-13-29)15-22(27-23)30-14-6-7-19(2)17-30/h8-11,15,19H,3-7,12-14,16-17H2,1-2H3,(H2,25,26,27,28,31)/t19-/m0/s1. The van der Waals surface area contributed by atoms with Crippen LogP contribution in [0.15, 0.2) is 30.3 Å². The van der Waals surface area contributed by atoms with Gasteiger partial charge in [-0.15, -0.1) is 0 Å². The number of anilines is 3. The maximum Gasteiger partial charge on any atom is 0.232 e. The molecular formula is C24H34N6S. The summed E-state index contributed by atoms with van der Waals surface area (Å²) in [7, 11) is 0. The van der Waals surface area contributed by atoms with Gasteiger partial charge < -0.3 is 20.4 Å². The molecule has 1 atom stereocenters. The van der Waals surface area contributed by atoms with Gasteiger partial charge in [-0.05, 0) is 62.7 Å². The molecule has 0 spiro atoms. The van der Waals surface area contributed by atoms with Crippen LogP contribution in [0.2, 0.25) is 0 Å². The molecule has 6 nitrogen and oxygen atoms in total. The third kappa shape index (κ3) is 6.06. The number of piperidine rings is 2. The lowest BCUT2D eigenvalue weighted by Crippen LogP contribution is -2.36. The zero-order valence-electron chi connectivity index (χ0n) is 18.7. The second kappa shape index (κ2) is 10.3. The molecule has 0 radical (unpaired) electrons. The summed E-state index contributed by atoms with van der Waals surface area (Å²) < 4.78 is 0. The molecule has 2 aromatic rings. The van der Waals surface area contributed by atoms with Crippen LogP contribution in [0.5, 0.6) is 0 Å². The maximum absolute atomic E-state index is 5.55. The van der Waals surface area contributed by atoms with Gasteiger partial charge in [0.25, 0.3) is 0 Å². The molecule has 4 rings (SSSR count). The van der Waals surface area contributed by atoms with E-state index in [0.717, 1.165) is 37.8 Å². The molecule has 1 aromatic heterocycles. The summed E-state index contributed by atoms with van der Waals surface area (Å²) in [6.07, 6.45) is 6.25. The molecule has 7 heteroatoms. The molecule has 2 N–H and O–H groups in total. The average molecular weight is 439 g/mol. The smallest absolute Gasteiger partial charge is 0.232 e. The summed E-state index contributed by atoms with van der Waals surface area (Å²) >= 11 is 5.55. The summed E-state index contributed by atoms with van der Waals surface area (Å²) in [5, 5.41) is 7.07. The van der Waals surface area contributed by atoms with Gasteiger partial charge in [0.2, 0.25) is 5.95 Å². The second-order valence-electron chi connectivity index (χ2n) is 8.94. The summed E-state index contributed by atoms with van der Waals surface area (Å²) in [5.41, 5.74) is 2.45. The largest absolute Gasteiger partial charge is 0.358 e. The lowest BCUT2D eigenvalue weighted by molar-refractivity contribution is 0.444. The molecule has 0 saturated carbocycles. The predicted molar refractivity (Wildman–Crippen MR) is 133 cm³/mol. The zero-order chi connectivity index (χ0) is 21.6. The Labute approximate surface area is 191 Å². The fraction of sp³-hybridized carbons (Fsp3) is 0.542. The molecule has 0 aliphatic carbocycles. The van der Waals surface area contributed by atoms with Gasteiger partial charge >= 0.3 is 0 Å². The van der Waals surface area contributed by atoms with Gasteiger partial charge in [0.05, 0.1) is 0 Å². The van der Waals surface area contributed by atoms with Crippen LogP contribution < -0.4 is 20.4 Å². The van der Waals surface area contributed by atoms with E-state index in [1.807, 2.05) is 0 Å². The van der Waals surface area contributed by atoms with Crippen LogP contribution in [0.1, 0.15) is 50.2 Å². The minimum absolute atomic E-state index is 0.550.